The lowest BCUT2D eigenvalue weighted by Crippen LogP contribution is -2.43. The Morgan fingerprint density at radius 1 is 1.03 bits per heavy atom. The highest BCUT2D eigenvalue weighted by Gasteiger charge is 2.37. The van der Waals surface area contributed by atoms with Gasteiger partial charge in [-0.15, -0.1) is 0 Å². The molecule has 0 fully saturated rings. The normalized spacial score (nSPS) is 15.4. The lowest BCUT2D eigenvalue weighted by molar-refractivity contribution is -0.137. The van der Waals surface area contributed by atoms with Crippen LogP contribution >= 0.6 is 9.24 Å². The topological polar surface area (TPSA) is 68.5 Å². The molecule has 0 saturated heterocycles. The standard InChI is InChI=1S/C25H26F5N4O3P/c1-3-4-12-33-21(35)19-20(32(2)23(33)36)31-22(37-18-7-5-6-17(13-18)24(26,27)28)34(19)14-15-8-10-16(11-9-15)25(29,30)38/h5-11,13,22,31H,3-4,12,14,38H2,1-2H3. The first-order valence-electron chi connectivity index (χ1n) is 11.8. The fraction of sp³-hybridized carbons (Fsp3) is 0.360. The number of halogens is 5. The van der Waals surface area contributed by atoms with Crippen molar-refractivity contribution in [1.29, 1.82) is 0 Å². The van der Waals surface area contributed by atoms with Crippen LogP contribution in [-0.2, 0) is 32.0 Å². The van der Waals surface area contributed by atoms with E-state index in [1.807, 2.05) is 6.92 Å². The molecule has 0 bridgehead atoms. The summed E-state index contributed by atoms with van der Waals surface area (Å²) in [7, 11) is 2.93. The van der Waals surface area contributed by atoms with Crippen LogP contribution in [0.5, 0.6) is 5.75 Å². The van der Waals surface area contributed by atoms with E-state index in [0.717, 1.165) is 23.1 Å². The Bertz CT molecular complexity index is 1430. The maximum Gasteiger partial charge on any atom is 0.416 e. The Morgan fingerprint density at radius 3 is 2.32 bits per heavy atom. The van der Waals surface area contributed by atoms with Gasteiger partial charge in [-0.3, -0.25) is 13.9 Å². The number of alkyl halides is 5. The molecule has 1 aliphatic rings. The summed E-state index contributed by atoms with van der Waals surface area (Å²) in [5.41, 5.74) is -4.80. The van der Waals surface area contributed by atoms with Crippen LogP contribution in [0.2, 0.25) is 0 Å². The average Bonchev–Trinajstić information content (AvgIpc) is 3.20. The molecule has 2 unspecified atom stereocenters. The van der Waals surface area contributed by atoms with Crippen LogP contribution in [0, 0.1) is 0 Å². The summed E-state index contributed by atoms with van der Waals surface area (Å²) in [6.45, 7) is 2.07. The summed E-state index contributed by atoms with van der Waals surface area (Å²) in [4.78, 5) is 27.8. The lowest BCUT2D eigenvalue weighted by Gasteiger charge is -2.27. The molecule has 1 aliphatic heterocycles. The highest BCUT2D eigenvalue weighted by Crippen LogP contribution is 2.37. The smallest absolute Gasteiger partial charge is 0.416 e. The fourth-order valence-electron chi connectivity index (χ4n) is 4.16. The Hall–Kier alpha value is -3.40. The van der Waals surface area contributed by atoms with Crippen molar-refractivity contribution in [3.05, 3.63) is 86.1 Å². The van der Waals surface area contributed by atoms with E-state index in [0.29, 0.717) is 12.0 Å². The van der Waals surface area contributed by atoms with Crippen LogP contribution < -0.4 is 26.2 Å². The molecule has 13 heteroatoms. The second-order valence-electron chi connectivity index (χ2n) is 8.94. The van der Waals surface area contributed by atoms with Gasteiger partial charge < -0.3 is 15.0 Å². The minimum absolute atomic E-state index is 0.0203. The number of hydrogen-bond acceptors (Lipinski definition) is 5. The first-order valence-corrected chi connectivity index (χ1v) is 12.4. The second-order valence-corrected chi connectivity index (χ2v) is 9.66. The number of nitrogens with zero attached hydrogens (tertiary/aromatic N) is 3. The van der Waals surface area contributed by atoms with Crippen molar-refractivity contribution in [2.75, 3.05) is 10.2 Å². The third-order valence-electron chi connectivity index (χ3n) is 6.19. The molecule has 2 aromatic carbocycles. The Morgan fingerprint density at radius 2 is 1.71 bits per heavy atom. The zero-order valence-corrected chi connectivity index (χ0v) is 21.7. The number of hydrogen-bond donors (Lipinski definition) is 1. The first kappa shape index (κ1) is 27.6. The molecule has 0 saturated carbocycles. The number of rotatable bonds is 8. The number of nitrogens with one attached hydrogen (secondary N) is 1. The predicted octanol–water partition coefficient (Wildman–Crippen LogP) is 5.09. The highest BCUT2D eigenvalue weighted by atomic mass is 31.0. The summed E-state index contributed by atoms with van der Waals surface area (Å²) in [5.74, 6) is 0.0160. The van der Waals surface area contributed by atoms with Crippen LogP contribution in [0.4, 0.5) is 33.5 Å². The van der Waals surface area contributed by atoms with Gasteiger partial charge in [-0.1, -0.05) is 52.9 Å². The van der Waals surface area contributed by atoms with Gasteiger partial charge in [-0.25, -0.2) is 4.79 Å². The summed E-state index contributed by atoms with van der Waals surface area (Å²) in [5, 5.41) is 2.93. The van der Waals surface area contributed by atoms with E-state index in [4.69, 9.17) is 4.74 Å². The van der Waals surface area contributed by atoms with Crippen LogP contribution in [0.25, 0.3) is 0 Å². The summed E-state index contributed by atoms with van der Waals surface area (Å²) >= 11 is 0. The maximum atomic E-state index is 13.7. The van der Waals surface area contributed by atoms with Gasteiger partial charge in [0.05, 0.1) is 5.56 Å². The van der Waals surface area contributed by atoms with Crippen molar-refractivity contribution in [2.24, 2.45) is 7.05 Å². The number of fused-ring (bicyclic) bond motifs is 1. The molecule has 0 spiro atoms. The van der Waals surface area contributed by atoms with Crippen molar-refractivity contribution < 1.29 is 26.7 Å². The van der Waals surface area contributed by atoms with Gasteiger partial charge in [-0.2, -0.15) is 22.0 Å². The molecule has 0 aliphatic carbocycles. The van der Waals surface area contributed by atoms with E-state index in [-0.39, 0.29) is 35.9 Å². The molecule has 3 aromatic rings. The van der Waals surface area contributed by atoms with Crippen molar-refractivity contribution in [2.45, 2.75) is 51.0 Å². The molecule has 7 nitrogen and oxygen atoms in total. The summed E-state index contributed by atoms with van der Waals surface area (Å²) < 4.78 is 75.3. The largest absolute Gasteiger partial charge is 0.452 e. The first-order chi connectivity index (χ1) is 17.8. The Labute approximate surface area is 217 Å². The molecule has 1 N–H and O–H groups in total. The molecule has 0 amide bonds. The van der Waals surface area contributed by atoms with Crippen LogP contribution in [-0.4, -0.2) is 15.5 Å². The van der Waals surface area contributed by atoms with Crippen LogP contribution in [0.1, 0.15) is 36.5 Å². The second kappa shape index (κ2) is 10.4. The quantitative estimate of drug-likeness (QED) is 0.310. The van der Waals surface area contributed by atoms with Crippen LogP contribution in [0.15, 0.2) is 58.1 Å². The van der Waals surface area contributed by atoms with Crippen molar-refractivity contribution in [1.82, 2.24) is 9.13 Å². The van der Waals surface area contributed by atoms with Crippen molar-refractivity contribution in [3.8, 4) is 5.75 Å². The van der Waals surface area contributed by atoms with E-state index < -0.39 is 35.0 Å². The number of unbranched alkanes of at least 4 members (excludes halogenated alkanes) is 1. The van der Waals surface area contributed by atoms with Gasteiger partial charge in [-0.05, 0) is 30.2 Å². The number of aromatic nitrogens is 2. The minimum Gasteiger partial charge on any atom is -0.452 e. The molecule has 2 atom stereocenters. The van der Waals surface area contributed by atoms with Gasteiger partial charge in [0, 0.05) is 25.7 Å². The van der Waals surface area contributed by atoms with Gasteiger partial charge in [0.2, 0.25) is 0 Å². The van der Waals surface area contributed by atoms with E-state index in [1.54, 1.807) is 0 Å². The predicted molar refractivity (Wildman–Crippen MR) is 137 cm³/mol. The molecular formula is C25H26F5N4O3P. The Kier molecular flexibility index (Phi) is 7.56. The third-order valence-corrected chi connectivity index (χ3v) is 6.53. The SMILES string of the molecule is CCCCn1c(=O)c2c(n(C)c1=O)NC(Oc1cccc(C(F)(F)F)c1)N2Cc1ccc(C(F)(F)P)cc1. The van der Waals surface area contributed by atoms with E-state index in [2.05, 4.69) is 5.32 Å². The van der Waals surface area contributed by atoms with E-state index in [9.17, 15) is 31.5 Å². The highest BCUT2D eigenvalue weighted by molar-refractivity contribution is 7.17. The van der Waals surface area contributed by atoms with Gasteiger partial charge >= 0.3 is 11.9 Å². The molecule has 0 radical (unpaired) electrons. The third kappa shape index (κ3) is 5.55. The maximum absolute atomic E-state index is 13.7. The van der Waals surface area contributed by atoms with E-state index in [1.165, 1.54) is 62.2 Å². The zero-order valence-electron chi connectivity index (χ0n) is 20.6. The number of benzene rings is 2. The summed E-state index contributed by atoms with van der Waals surface area (Å²) in [6.07, 6.45) is -4.45. The average molecular weight is 556 g/mol. The molecule has 4 rings (SSSR count). The van der Waals surface area contributed by atoms with Gasteiger partial charge in [0.25, 0.3) is 17.6 Å². The molecule has 2 heterocycles. The molecule has 38 heavy (non-hydrogen) atoms. The van der Waals surface area contributed by atoms with Gasteiger partial charge in [0.15, 0.2) is 0 Å². The molecule has 204 valence electrons. The number of anilines is 2. The monoisotopic (exact) mass is 556 g/mol. The molecular weight excluding hydrogens is 530 g/mol. The minimum atomic E-state index is -4.59. The fourth-order valence-corrected chi connectivity index (χ4v) is 4.35. The van der Waals surface area contributed by atoms with Crippen molar-refractivity contribution in [3.63, 3.8) is 0 Å². The van der Waals surface area contributed by atoms with Crippen LogP contribution in [0.3, 0.4) is 0 Å². The Balaban J connectivity index is 1.77. The lowest BCUT2D eigenvalue weighted by atomic mass is 10.1. The van der Waals surface area contributed by atoms with Crippen molar-refractivity contribution >= 4 is 20.7 Å². The van der Waals surface area contributed by atoms with Gasteiger partial charge in [0.1, 0.15) is 17.3 Å². The molecule has 1 aromatic heterocycles. The zero-order chi connectivity index (χ0) is 27.8. The number of ether oxygens (including phenoxy) is 1. The summed E-state index contributed by atoms with van der Waals surface area (Å²) in [6, 6.07) is 9.68. The van der Waals surface area contributed by atoms with E-state index >= 15 is 0 Å².